The number of hydrazone groups is 1. The van der Waals surface area contributed by atoms with Crippen LogP contribution in [0.15, 0.2) is 62.5 Å². The van der Waals surface area contributed by atoms with Gasteiger partial charge >= 0.3 is 0 Å². The number of hydrogen-bond acceptors (Lipinski definition) is 3. The second-order valence-corrected chi connectivity index (χ2v) is 7.13. The highest BCUT2D eigenvalue weighted by molar-refractivity contribution is 9.10. The molecule has 0 fully saturated rings. The normalized spacial score (nSPS) is 11.2. The number of benzene rings is 2. The molecule has 0 aliphatic carbocycles. The molecule has 3 nitrogen and oxygen atoms in total. The van der Waals surface area contributed by atoms with Crippen LogP contribution >= 0.6 is 39.1 Å². The Kier molecular flexibility index (Phi) is 5.84. The molecule has 25 heavy (non-hydrogen) atoms. The van der Waals surface area contributed by atoms with E-state index in [1.54, 1.807) is 18.3 Å². The third-order valence-corrected chi connectivity index (χ3v) is 5.25. The Bertz CT molecular complexity index is 901. The lowest BCUT2D eigenvalue weighted by Gasteiger charge is -2.05. The van der Waals surface area contributed by atoms with Crippen LogP contribution in [-0.2, 0) is 6.54 Å². The molecule has 0 saturated carbocycles. The van der Waals surface area contributed by atoms with Crippen molar-refractivity contribution in [2.75, 3.05) is 0 Å². The minimum absolute atomic E-state index is 0.438. The van der Waals surface area contributed by atoms with Crippen molar-refractivity contribution >= 4 is 45.3 Å². The van der Waals surface area contributed by atoms with Crippen LogP contribution in [0.2, 0.25) is 10.0 Å². The van der Waals surface area contributed by atoms with Gasteiger partial charge in [0, 0.05) is 25.6 Å². The topological polar surface area (TPSA) is 37.5 Å². The van der Waals surface area contributed by atoms with Gasteiger partial charge in [-0.25, -0.2) is 0 Å². The van der Waals surface area contributed by atoms with Gasteiger partial charge in [-0.1, -0.05) is 57.3 Å². The predicted octanol–water partition coefficient (Wildman–Crippen LogP) is 6.45. The van der Waals surface area contributed by atoms with Gasteiger partial charge in [0.2, 0.25) is 0 Å². The highest BCUT2D eigenvalue weighted by Crippen LogP contribution is 2.27. The summed E-state index contributed by atoms with van der Waals surface area (Å²) in [6.45, 7) is 2.48. The van der Waals surface area contributed by atoms with E-state index in [9.17, 15) is 0 Å². The zero-order valence-corrected chi connectivity index (χ0v) is 16.5. The molecule has 0 unspecified atom stereocenters. The van der Waals surface area contributed by atoms with Crippen LogP contribution in [0, 0.1) is 6.92 Å². The van der Waals surface area contributed by atoms with Gasteiger partial charge in [0.1, 0.15) is 11.5 Å². The van der Waals surface area contributed by atoms with Gasteiger partial charge < -0.3 is 9.84 Å². The molecule has 128 valence electrons. The van der Waals surface area contributed by atoms with Crippen LogP contribution in [0.25, 0.3) is 11.3 Å². The quantitative estimate of drug-likeness (QED) is 0.368. The van der Waals surface area contributed by atoms with Gasteiger partial charge in [0.05, 0.1) is 12.8 Å². The van der Waals surface area contributed by atoms with E-state index < -0.39 is 0 Å². The van der Waals surface area contributed by atoms with E-state index in [1.165, 1.54) is 5.56 Å². The molecule has 0 bridgehead atoms. The zero-order valence-electron chi connectivity index (χ0n) is 13.4. The second kappa shape index (κ2) is 8.09. The number of hydrogen-bond donors (Lipinski definition) is 1. The van der Waals surface area contributed by atoms with Crippen LogP contribution in [-0.4, -0.2) is 6.21 Å². The molecule has 0 aliphatic heterocycles. The molecule has 0 amide bonds. The highest BCUT2D eigenvalue weighted by atomic mass is 79.9. The minimum atomic E-state index is 0.438. The average molecular weight is 438 g/mol. The van der Waals surface area contributed by atoms with Crippen LogP contribution < -0.4 is 5.43 Å². The van der Waals surface area contributed by atoms with E-state index in [-0.39, 0.29) is 0 Å². The maximum Gasteiger partial charge on any atom is 0.147 e. The lowest BCUT2D eigenvalue weighted by Crippen LogP contribution is -2.06. The van der Waals surface area contributed by atoms with Gasteiger partial charge in [0.15, 0.2) is 0 Å². The first-order valence-corrected chi connectivity index (χ1v) is 9.14. The Balaban J connectivity index is 1.65. The lowest BCUT2D eigenvalue weighted by molar-refractivity contribution is 0.573. The fraction of sp³-hybridized carbons (Fsp3) is 0.105. The van der Waals surface area contributed by atoms with Crippen LogP contribution in [0.4, 0.5) is 0 Å². The third-order valence-electron chi connectivity index (χ3n) is 3.68. The molecule has 1 heterocycles. The van der Waals surface area contributed by atoms with Crippen molar-refractivity contribution in [1.29, 1.82) is 0 Å². The SMILES string of the molecule is Cc1ccc(-c2ccc(/C=N/NCc3c(Cl)cccc3Cl)o2)cc1Br. The van der Waals surface area contributed by atoms with Gasteiger partial charge in [0.25, 0.3) is 0 Å². The summed E-state index contributed by atoms with van der Waals surface area (Å²) in [6.07, 6.45) is 1.62. The smallest absolute Gasteiger partial charge is 0.147 e. The molecule has 0 atom stereocenters. The van der Waals surface area contributed by atoms with Gasteiger partial charge in [-0.3, -0.25) is 0 Å². The van der Waals surface area contributed by atoms with Crippen molar-refractivity contribution in [2.45, 2.75) is 13.5 Å². The Hall–Kier alpha value is -1.75. The average Bonchev–Trinajstić information content (AvgIpc) is 3.05. The second-order valence-electron chi connectivity index (χ2n) is 5.46. The maximum atomic E-state index is 6.12. The molecule has 2 aromatic carbocycles. The number of nitrogens with one attached hydrogen (secondary N) is 1. The van der Waals surface area contributed by atoms with Crippen molar-refractivity contribution < 1.29 is 4.42 Å². The summed E-state index contributed by atoms with van der Waals surface area (Å²) < 4.78 is 6.85. The minimum Gasteiger partial charge on any atom is -0.455 e. The maximum absolute atomic E-state index is 6.12. The number of halogens is 3. The summed E-state index contributed by atoms with van der Waals surface area (Å²) in [5, 5.41) is 5.39. The van der Waals surface area contributed by atoms with Crippen molar-refractivity contribution in [3.8, 4) is 11.3 Å². The molecule has 0 radical (unpaired) electrons. The van der Waals surface area contributed by atoms with Gasteiger partial charge in [-0.15, -0.1) is 0 Å². The molecule has 1 N–H and O–H groups in total. The predicted molar refractivity (Wildman–Crippen MR) is 107 cm³/mol. The summed E-state index contributed by atoms with van der Waals surface area (Å²) in [6, 6.07) is 15.3. The van der Waals surface area contributed by atoms with Crippen LogP contribution in [0.3, 0.4) is 0 Å². The summed E-state index contributed by atoms with van der Waals surface area (Å²) >= 11 is 15.8. The monoisotopic (exact) mass is 436 g/mol. The number of nitrogens with zero attached hydrogens (tertiary/aromatic N) is 1. The Labute approximate surface area is 164 Å². The Morgan fingerprint density at radius 2 is 1.88 bits per heavy atom. The van der Waals surface area contributed by atoms with Crippen molar-refractivity contribution in [1.82, 2.24) is 5.43 Å². The lowest BCUT2D eigenvalue weighted by atomic mass is 10.1. The summed E-state index contributed by atoms with van der Waals surface area (Å²) in [4.78, 5) is 0. The molecule has 0 saturated heterocycles. The molecule has 3 aromatic rings. The van der Waals surface area contributed by atoms with Gasteiger partial charge in [-0.05, 0) is 42.8 Å². The summed E-state index contributed by atoms with van der Waals surface area (Å²) in [7, 11) is 0. The first kappa shape index (κ1) is 18.1. The van der Waals surface area contributed by atoms with Crippen LogP contribution in [0.1, 0.15) is 16.9 Å². The number of furan rings is 1. The molecular formula is C19H15BrCl2N2O. The van der Waals surface area contributed by atoms with E-state index in [2.05, 4.69) is 26.5 Å². The molecule has 3 rings (SSSR count). The first-order valence-electron chi connectivity index (χ1n) is 7.60. The first-order chi connectivity index (χ1) is 12.0. The molecule has 1 aromatic heterocycles. The Morgan fingerprint density at radius 1 is 1.12 bits per heavy atom. The van der Waals surface area contributed by atoms with E-state index in [0.29, 0.717) is 22.4 Å². The van der Waals surface area contributed by atoms with E-state index in [1.807, 2.05) is 43.3 Å². The fourth-order valence-corrected chi connectivity index (χ4v) is 3.17. The van der Waals surface area contributed by atoms with E-state index in [0.717, 1.165) is 21.4 Å². The molecule has 0 aliphatic rings. The fourth-order valence-electron chi connectivity index (χ4n) is 2.26. The van der Waals surface area contributed by atoms with Crippen LogP contribution in [0.5, 0.6) is 0 Å². The number of rotatable bonds is 5. The highest BCUT2D eigenvalue weighted by Gasteiger charge is 2.06. The number of aryl methyl sites for hydroxylation is 1. The standard InChI is InChI=1S/C19H15BrCl2N2O/c1-12-5-6-13(9-16(12)20)19-8-7-14(25-19)10-23-24-11-15-17(21)3-2-4-18(15)22/h2-10,24H,11H2,1H3/b23-10+. The molecule has 6 heteroatoms. The van der Waals surface area contributed by atoms with Gasteiger partial charge in [-0.2, -0.15) is 5.10 Å². The third kappa shape index (κ3) is 4.46. The van der Waals surface area contributed by atoms with E-state index >= 15 is 0 Å². The zero-order chi connectivity index (χ0) is 17.8. The summed E-state index contributed by atoms with van der Waals surface area (Å²) in [5.41, 5.74) is 5.93. The van der Waals surface area contributed by atoms with E-state index in [4.69, 9.17) is 27.6 Å². The Morgan fingerprint density at radius 3 is 2.60 bits per heavy atom. The van der Waals surface area contributed by atoms with Crippen molar-refractivity contribution in [3.05, 3.63) is 79.9 Å². The molecular weight excluding hydrogens is 423 g/mol. The molecule has 0 spiro atoms. The van der Waals surface area contributed by atoms with Crippen molar-refractivity contribution in [3.63, 3.8) is 0 Å². The largest absolute Gasteiger partial charge is 0.455 e. The van der Waals surface area contributed by atoms with Crippen molar-refractivity contribution in [2.24, 2.45) is 5.10 Å². The summed E-state index contributed by atoms with van der Waals surface area (Å²) in [5.74, 6) is 1.45.